The van der Waals surface area contributed by atoms with Crippen molar-refractivity contribution in [3.05, 3.63) is 64.9 Å². The van der Waals surface area contributed by atoms with Gasteiger partial charge < -0.3 is 0 Å². The molecule has 0 N–H and O–H groups in total. The molecule has 0 bridgehead atoms. The largest absolute Gasteiger partial charge is 0.268 e. The van der Waals surface area contributed by atoms with E-state index in [9.17, 15) is 4.79 Å². The molecule has 0 fully saturated rings. The Kier molecular flexibility index (Phi) is 2.72. The first-order valence-electron chi connectivity index (χ1n) is 5.48. The van der Waals surface area contributed by atoms with E-state index in [0.717, 1.165) is 15.5 Å². The van der Waals surface area contributed by atoms with Gasteiger partial charge in [0.1, 0.15) is 6.33 Å². The predicted molar refractivity (Wildman–Crippen MR) is 73.6 cm³/mol. The maximum Gasteiger partial charge on any atom is 0.263 e. The Hall–Kier alpha value is -1.94. The van der Waals surface area contributed by atoms with Crippen LogP contribution in [-0.2, 0) is 0 Å². The third-order valence-corrected chi connectivity index (χ3v) is 3.24. The number of imidazole rings is 1. The number of hydrogen-bond donors (Lipinski definition) is 0. The molecule has 0 saturated heterocycles. The van der Waals surface area contributed by atoms with Gasteiger partial charge in [0, 0.05) is 10.0 Å². The van der Waals surface area contributed by atoms with Crippen LogP contribution in [0.3, 0.4) is 0 Å². The van der Waals surface area contributed by atoms with Crippen molar-refractivity contribution in [2.24, 2.45) is 0 Å². The summed E-state index contributed by atoms with van der Waals surface area (Å²) in [5.41, 5.74) is 2.26. The van der Waals surface area contributed by atoms with Crippen LogP contribution in [0.2, 0.25) is 0 Å². The lowest BCUT2D eigenvalue weighted by Gasteiger charge is -2.02. The van der Waals surface area contributed by atoms with Gasteiger partial charge in [-0.25, -0.2) is 4.98 Å². The predicted octanol–water partition coefficient (Wildman–Crippen LogP) is 3.49. The summed E-state index contributed by atoms with van der Waals surface area (Å²) in [6.07, 6.45) is 1.56. The first-order chi connectivity index (χ1) is 8.75. The fourth-order valence-electron chi connectivity index (χ4n) is 1.87. The Morgan fingerprint density at radius 3 is 2.67 bits per heavy atom. The molecule has 1 heterocycles. The summed E-state index contributed by atoms with van der Waals surface area (Å²) >= 11 is 3.39. The van der Waals surface area contributed by atoms with Crippen LogP contribution in [0.4, 0.5) is 0 Å². The second-order valence-electron chi connectivity index (χ2n) is 3.92. The van der Waals surface area contributed by atoms with Gasteiger partial charge in [0.15, 0.2) is 0 Å². The molecule has 88 valence electrons. The lowest BCUT2D eigenvalue weighted by molar-refractivity contribution is 0.0964. The van der Waals surface area contributed by atoms with Crippen LogP contribution in [0.25, 0.3) is 11.0 Å². The zero-order valence-corrected chi connectivity index (χ0v) is 11.0. The maximum atomic E-state index is 12.3. The quantitative estimate of drug-likeness (QED) is 0.689. The van der Waals surface area contributed by atoms with Gasteiger partial charge in [-0.1, -0.05) is 34.1 Å². The number of rotatable bonds is 1. The Labute approximate surface area is 112 Å². The smallest absolute Gasteiger partial charge is 0.263 e. The molecule has 0 atom stereocenters. The number of hydrogen-bond acceptors (Lipinski definition) is 2. The van der Waals surface area contributed by atoms with Crippen LogP contribution in [0, 0.1) is 0 Å². The number of benzene rings is 2. The molecule has 0 saturated carbocycles. The summed E-state index contributed by atoms with van der Waals surface area (Å²) in [6, 6.07) is 14.9. The molecule has 0 amide bonds. The van der Waals surface area contributed by atoms with E-state index < -0.39 is 0 Å². The van der Waals surface area contributed by atoms with Crippen molar-refractivity contribution in [2.75, 3.05) is 0 Å². The third-order valence-electron chi connectivity index (χ3n) is 2.75. The number of fused-ring (bicyclic) bond motifs is 1. The molecular formula is C14H9BrN2O. The van der Waals surface area contributed by atoms with Crippen LogP contribution in [0.15, 0.2) is 59.3 Å². The lowest BCUT2D eigenvalue weighted by Crippen LogP contribution is -2.10. The molecule has 3 rings (SSSR count). The molecule has 0 aliphatic rings. The lowest BCUT2D eigenvalue weighted by atomic mass is 10.2. The molecule has 0 aliphatic heterocycles. The van der Waals surface area contributed by atoms with E-state index in [0.29, 0.717) is 5.56 Å². The highest BCUT2D eigenvalue weighted by atomic mass is 79.9. The Bertz CT molecular complexity index is 719. The monoisotopic (exact) mass is 300 g/mol. The normalized spacial score (nSPS) is 10.7. The van der Waals surface area contributed by atoms with Gasteiger partial charge in [0.05, 0.1) is 11.0 Å². The molecule has 1 aromatic heterocycles. The van der Waals surface area contributed by atoms with E-state index in [1.165, 1.54) is 0 Å². The van der Waals surface area contributed by atoms with Gasteiger partial charge in [-0.2, -0.15) is 0 Å². The van der Waals surface area contributed by atoms with Crippen molar-refractivity contribution in [3.63, 3.8) is 0 Å². The highest BCUT2D eigenvalue weighted by molar-refractivity contribution is 9.10. The van der Waals surface area contributed by atoms with Crippen molar-refractivity contribution in [3.8, 4) is 0 Å². The van der Waals surface area contributed by atoms with E-state index in [1.807, 2.05) is 36.4 Å². The molecule has 0 aliphatic carbocycles. The van der Waals surface area contributed by atoms with Crippen LogP contribution in [0.1, 0.15) is 10.4 Å². The van der Waals surface area contributed by atoms with E-state index in [4.69, 9.17) is 0 Å². The van der Waals surface area contributed by atoms with E-state index in [1.54, 1.807) is 23.0 Å². The molecule has 0 spiro atoms. The van der Waals surface area contributed by atoms with Gasteiger partial charge in [-0.15, -0.1) is 0 Å². The van der Waals surface area contributed by atoms with E-state index >= 15 is 0 Å². The first-order valence-corrected chi connectivity index (χ1v) is 6.27. The minimum absolute atomic E-state index is 0.0691. The van der Waals surface area contributed by atoms with E-state index in [-0.39, 0.29) is 5.91 Å². The zero-order chi connectivity index (χ0) is 12.5. The molecule has 4 heteroatoms. The SMILES string of the molecule is O=C(c1ccccc1)n1cnc2cc(Br)ccc21. The number of aromatic nitrogens is 2. The molecular weight excluding hydrogens is 292 g/mol. The minimum atomic E-state index is -0.0691. The fourth-order valence-corrected chi connectivity index (χ4v) is 2.22. The number of halogens is 1. The highest BCUT2D eigenvalue weighted by Crippen LogP contribution is 2.19. The van der Waals surface area contributed by atoms with Crippen molar-refractivity contribution < 1.29 is 4.79 Å². The van der Waals surface area contributed by atoms with Gasteiger partial charge in [-0.05, 0) is 30.3 Å². The highest BCUT2D eigenvalue weighted by Gasteiger charge is 2.11. The Morgan fingerprint density at radius 2 is 1.89 bits per heavy atom. The molecule has 3 aromatic rings. The Morgan fingerprint density at radius 1 is 1.11 bits per heavy atom. The average molecular weight is 301 g/mol. The molecule has 0 radical (unpaired) electrons. The number of carbonyl (C=O) groups is 1. The summed E-state index contributed by atoms with van der Waals surface area (Å²) < 4.78 is 2.52. The molecule has 3 nitrogen and oxygen atoms in total. The Balaban J connectivity index is 2.13. The maximum absolute atomic E-state index is 12.3. The minimum Gasteiger partial charge on any atom is -0.268 e. The number of carbonyl (C=O) groups excluding carboxylic acids is 1. The van der Waals surface area contributed by atoms with Gasteiger partial charge in [0.2, 0.25) is 0 Å². The van der Waals surface area contributed by atoms with Crippen molar-refractivity contribution in [1.82, 2.24) is 9.55 Å². The van der Waals surface area contributed by atoms with Crippen LogP contribution >= 0.6 is 15.9 Å². The van der Waals surface area contributed by atoms with Gasteiger partial charge in [-0.3, -0.25) is 9.36 Å². The molecule has 2 aromatic carbocycles. The second kappa shape index (κ2) is 4.38. The number of nitrogens with zero attached hydrogens (tertiary/aromatic N) is 2. The summed E-state index contributed by atoms with van der Waals surface area (Å²) in [5, 5.41) is 0. The van der Waals surface area contributed by atoms with Crippen LogP contribution < -0.4 is 0 Å². The molecule has 0 unspecified atom stereocenters. The summed E-state index contributed by atoms with van der Waals surface area (Å²) in [5.74, 6) is -0.0691. The standard InChI is InChI=1S/C14H9BrN2O/c15-11-6-7-13-12(8-11)16-9-17(13)14(18)10-4-2-1-3-5-10/h1-9H. The van der Waals surface area contributed by atoms with Crippen LogP contribution in [0.5, 0.6) is 0 Å². The van der Waals surface area contributed by atoms with Crippen molar-refractivity contribution >= 4 is 32.9 Å². The zero-order valence-electron chi connectivity index (χ0n) is 9.38. The van der Waals surface area contributed by atoms with Crippen molar-refractivity contribution in [1.29, 1.82) is 0 Å². The summed E-state index contributed by atoms with van der Waals surface area (Å²) in [6.45, 7) is 0. The second-order valence-corrected chi connectivity index (χ2v) is 4.83. The van der Waals surface area contributed by atoms with E-state index in [2.05, 4.69) is 20.9 Å². The van der Waals surface area contributed by atoms with Crippen molar-refractivity contribution in [2.45, 2.75) is 0 Å². The first kappa shape index (κ1) is 11.2. The topological polar surface area (TPSA) is 34.9 Å². The molecule has 18 heavy (non-hydrogen) atoms. The average Bonchev–Trinajstić information content (AvgIpc) is 2.81. The van der Waals surface area contributed by atoms with Gasteiger partial charge >= 0.3 is 0 Å². The van der Waals surface area contributed by atoms with Crippen LogP contribution in [-0.4, -0.2) is 15.5 Å². The fraction of sp³-hybridized carbons (Fsp3) is 0. The third kappa shape index (κ3) is 1.84. The van der Waals surface area contributed by atoms with Gasteiger partial charge in [0.25, 0.3) is 5.91 Å². The summed E-state index contributed by atoms with van der Waals surface area (Å²) in [4.78, 5) is 16.6. The summed E-state index contributed by atoms with van der Waals surface area (Å²) in [7, 11) is 0.